The quantitative estimate of drug-likeness (QED) is 0.274. The van der Waals surface area contributed by atoms with E-state index in [1.54, 1.807) is 0 Å². The van der Waals surface area contributed by atoms with Crippen LogP contribution in [0.4, 0.5) is 0 Å². The maximum atomic E-state index is 10.9. The molecule has 0 atom stereocenters. The molecule has 0 aliphatic heterocycles. The van der Waals surface area contributed by atoms with Gasteiger partial charge >= 0.3 is 7.60 Å². The molecule has 0 aromatic carbocycles. The second-order valence-corrected chi connectivity index (χ2v) is 3.21. The normalized spacial score (nSPS) is 12.7. The fraction of sp³-hybridized carbons (Fsp3) is 0.667. The van der Waals surface area contributed by atoms with E-state index in [9.17, 15) is 4.57 Å². The Morgan fingerprint density at radius 3 is 2.11 bits per heavy atom. The number of rotatable bonds is 3. The zero-order valence-electron chi connectivity index (χ0n) is 5.27. The molecule has 0 spiro atoms. The lowest BCUT2D eigenvalue weighted by atomic mass is 11.7. The van der Waals surface area contributed by atoms with Gasteiger partial charge in [0.1, 0.15) is 5.96 Å². The van der Waals surface area contributed by atoms with Crippen molar-refractivity contribution in [3.05, 3.63) is 0 Å². The van der Waals surface area contributed by atoms with Crippen LogP contribution >= 0.6 is 7.60 Å². The summed E-state index contributed by atoms with van der Waals surface area (Å²) in [5.74, 6) is 5.64. The van der Waals surface area contributed by atoms with Gasteiger partial charge in [0, 0.05) is 14.2 Å². The molecule has 0 fully saturated rings. The van der Waals surface area contributed by atoms with Crippen LogP contribution in [-0.4, -0.2) is 20.2 Å². The van der Waals surface area contributed by atoms with Gasteiger partial charge in [0.05, 0.1) is 0 Å². The van der Waals surface area contributed by atoms with Crippen LogP contribution in [0.5, 0.6) is 0 Å². The lowest BCUT2D eigenvalue weighted by Crippen LogP contribution is -1.91. The summed E-state index contributed by atoms with van der Waals surface area (Å²) in [5.41, 5.74) is 0. The standard InChI is InChI=1S/C3H9N2O3P/c1-7-9(6,8-2)3-5-4/h3H,4H2,1-2H3. The van der Waals surface area contributed by atoms with Crippen LogP contribution in [0.3, 0.4) is 0 Å². The maximum absolute atomic E-state index is 10.9. The fourth-order valence-electron chi connectivity index (χ4n) is 0.250. The van der Waals surface area contributed by atoms with Crippen LogP contribution in [0.2, 0.25) is 0 Å². The van der Waals surface area contributed by atoms with Gasteiger partial charge in [0.25, 0.3) is 0 Å². The number of hydrazone groups is 1. The van der Waals surface area contributed by atoms with E-state index in [0.29, 0.717) is 0 Å². The fourth-order valence-corrected chi connectivity index (χ4v) is 0.751. The largest absolute Gasteiger partial charge is 0.373 e. The summed E-state index contributed by atoms with van der Waals surface area (Å²) in [4.78, 5) is 0. The van der Waals surface area contributed by atoms with Crippen molar-refractivity contribution in [2.45, 2.75) is 0 Å². The summed E-state index contributed by atoms with van der Waals surface area (Å²) in [6.45, 7) is 0. The Bertz CT molecular complexity index is 138. The zero-order chi connectivity index (χ0) is 7.33. The van der Waals surface area contributed by atoms with Crippen molar-refractivity contribution in [1.29, 1.82) is 0 Å². The summed E-state index contributed by atoms with van der Waals surface area (Å²) >= 11 is 0. The highest BCUT2D eigenvalue weighted by Gasteiger charge is 2.16. The van der Waals surface area contributed by atoms with Crippen molar-refractivity contribution >= 4 is 13.6 Å². The molecule has 6 heteroatoms. The van der Waals surface area contributed by atoms with Crippen molar-refractivity contribution in [3.8, 4) is 0 Å². The van der Waals surface area contributed by atoms with Gasteiger partial charge in [-0.05, 0) is 0 Å². The first kappa shape index (κ1) is 8.62. The maximum Gasteiger partial charge on any atom is 0.373 e. The van der Waals surface area contributed by atoms with Gasteiger partial charge in [0.15, 0.2) is 0 Å². The van der Waals surface area contributed by atoms with Gasteiger partial charge < -0.3 is 14.9 Å². The van der Waals surface area contributed by atoms with Crippen molar-refractivity contribution < 1.29 is 13.6 Å². The first-order valence-corrected chi connectivity index (χ1v) is 3.75. The molecule has 0 saturated heterocycles. The van der Waals surface area contributed by atoms with E-state index in [1.807, 2.05) is 0 Å². The average Bonchev–Trinajstić information content (AvgIpc) is 1.89. The topological polar surface area (TPSA) is 73.9 Å². The van der Waals surface area contributed by atoms with Crippen LogP contribution in [0.25, 0.3) is 0 Å². The van der Waals surface area contributed by atoms with E-state index in [0.717, 1.165) is 5.96 Å². The SMILES string of the molecule is COP(=O)(C=NN)OC. The molecule has 9 heavy (non-hydrogen) atoms. The molecule has 0 rings (SSSR count). The Balaban J connectivity index is 4.11. The van der Waals surface area contributed by atoms with Gasteiger partial charge in [-0.1, -0.05) is 0 Å². The Morgan fingerprint density at radius 2 is 2.00 bits per heavy atom. The van der Waals surface area contributed by atoms with Crippen LogP contribution in [0, 0.1) is 0 Å². The molecule has 0 saturated carbocycles. The van der Waals surface area contributed by atoms with E-state index < -0.39 is 7.60 Å². The molecule has 0 amide bonds. The molecule has 0 bridgehead atoms. The summed E-state index contributed by atoms with van der Waals surface area (Å²) in [7, 11) is -0.586. The Kier molecular flexibility index (Phi) is 3.46. The molecule has 0 aliphatic rings. The lowest BCUT2D eigenvalue weighted by molar-refractivity contribution is 0.291. The Morgan fingerprint density at radius 1 is 1.56 bits per heavy atom. The molecule has 0 heterocycles. The third kappa shape index (κ3) is 2.60. The summed E-state index contributed by atoms with van der Waals surface area (Å²) in [6.07, 6.45) is 0. The summed E-state index contributed by atoms with van der Waals surface area (Å²) in [5, 5.41) is 3.01. The second kappa shape index (κ2) is 3.61. The highest BCUT2D eigenvalue weighted by Crippen LogP contribution is 2.42. The predicted molar refractivity (Wildman–Crippen MR) is 34.3 cm³/mol. The minimum atomic E-state index is -3.10. The molecule has 0 aromatic rings. The van der Waals surface area contributed by atoms with Gasteiger partial charge in [-0.25, -0.2) is 0 Å². The van der Waals surface area contributed by atoms with E-state index in [4.69, 9.17) is 5.84 Å². The molecule has 0 radical (unpaired) electrons. The van der Waals surface area contributed by atoms with Crippen LogP contribution in [0.1, 0.15) is 0 Å². The van der Waals surface area contributed by atoms with E-state index in [2.05, 4.69) is 14.1 Å². The molecule has 0 unspecified atom stereocenters. The van der Waals surface area contributed by atoms with E-state index in [1.165, 1.54) is 14.2 Å². The number of nitrogens with two attached hydrogens (primary N) is 1. The highest BCUT2D eigenvalue weighted by molar-refractivity contribution is 7.69. The van der Waals surface area contributed by atoms with Gasteiger partial charge in [0.2, 0.25) is 0 Å². The molecule has 0 aliphatic carbocycles. The molecule has 2 N–H and O–H groups in total. The highest BCUT2D eigenvalue weighted by atomic mass is 31.2. The number of hydrogen-bond donors (Lipinski definition) is 1. The first-order valence-electron chi connectivity index (χ1n) is 2.14. The number of hydrogen-bond acceptors (Lipinski definition) is 5. The second-order valence-electron chi connectivity index (χ2n) is 1.17. The predicted octanol–water partition coefficient (Wildman–Crippen LogP) is 0.374. The Hall–Kier alpha value is -0.380. The molecule has 5 nitrogen and oxygen atoms in total. The molecule has 54 valence electrons. The first-order chi connectivity index (χ1) is 4.18. The van der Waals surface area contributed by atoms with Crippen LogP contribution in [-0.2, 0) is 13.6 Å². The van der Waals surface area contributed by atoms with Gasteiger partial charge in [-0.3, -0.25) is 4.57 Å². The smallest absolute Gasteiger partial charge is 0.323 e. The van der Waals surface area contributed by atoms with Crippen molar-refractivity contribution in [3.63, 3.8) is 0 Å². The van der Waals surface area contributed by atoms with E-state index >= 15 is 0 Å². The monoisotopic (exact) mass is 152 g/mol. The minimum Gasteiger partial charge on any atom is -0.323 e. The third-order valence-electron chi connectivity index (χ3n) is 0.717. The van der Waals surface area contributed by atoms with Gasteiger partial charge in [-0.2, -0.15) is 5.10 Å². The third-order valence-corrected chi connectivity index (χ3v) is 2.15. The average molecular weight is 152 g/mol. The molecule has 0 aromatic heterocycles. The minimum absolute atomic E-state index is 0.938. The van der Waals surface area contributed by atoms with Crippen molar-refractivity contribution in [2.75, 3.05) is 14.2 Å². The Labute approximate surface area is 53.4 Å². The molecular weight excluding hydrogens is 143 g/mol. The number of nitrogens with zero attached hydrogens (tertiary/aromatic N) is 1. The summed E-state index contributed by atoms with van der Waals surface area (Å²) in [6, 6.07) is 0. The summed E-state index contributed by atoms with van der Waals surface area (Å²) < 4.78 is 19.7. The van der Waals surface area contributed by atoms with Gasteiger partial charge in [-0.15, -0.1) is 0 Å². The zero-order valence-corrected chi connectivity index (χ0v) is 6.17. The van der Waals surface area contributed by atoms with Crippen molar-refractivity contribution in [1.82, 2.24) is 0 Å². The van der Waals surface area contributed by atoms with Crippen molar-refractivity contribution in [2.24, 2.45) is 10.9 Å². The van der Waals surface area contributed by atoms with Crippen LogP contribution < -0.4 is 5.84 Å². The lowest BCUT2D eigenvalue weighted by Gasteiger charge is -2.05. The van der Waals surface area contributed by atoms with E-state index in [-0.39, 0.29) is 0 Å². The van der Waals surface area contributed by atoms with Crippen LogP contribution in [0.15, 0.2) is 5.10 Å². The molecular formula is C3H9N2O3P.